The van der Waals surface area contributed by atoms with E-state index in [4.69, 9.17) is 4.42 Å². The highest BCUT2D eigenvalue weighted by molar-refractivity contribution is 7.99. The molecule has 1 aliphatic rings. The Morgan fingerprint density at radius 2 is 2.15 bits per heavy atom. The second-order valence-corrected chi connectivity index (χ2v) is 7.82. The molecular weight excluding hydrogens is 348 g/mol. The predicted molar refractivity (Wildman–Crippen MR) is 106 cm³/mol. The van der Waals surface area contributed by atoms with Crippen molar-refractivity contribution in [2.24, 2.45) is 12.0 Å². The van der Waals surface area contributed by atoms with Crippen molar-refractivity contribution < 1.29 is 9.52 Å². The molecule has 5 nitrogen and oxygen atoms in total. The number of aliphatic imine (C=N–C) groups is 1. The Balaban J connectivity index is 1.77. The minimum atomic E-state index is -0.523. The Labute approximate surface area is 155 Å². The zero-order valence-corrected chi connectivity index (χ0v) is 15.5. The van der Waals surface area contributed by atoms with Crippen LogP contribution in [0.5, 0.6) is 5.75 Å². The summed E-state index contributed by atoms with van der Waals surface area (Å²) in [4.78, 5) is 16.9. The highest BCUT2D eigenvalue weighted by atomic mass is 32.2. The van der Waals surface area contributed by atoms with Gasteiger partial charge in [-0.1, -0.05) is 18.2 Å². The molecule has 0 saturated carbocycles. The van der Waals surface area contributed by atoms with E-state index >= 15 is 0 Å². The molecule has 2 aromatic heterocycles. The summed E-state index contributed by atoms with van der Waals surface area (Å²) >= 11 is 1.84. The molecule has 1 atom stereocenters. The monoisotopic (exact) mass is 368 g/mol. The Bertz CT molecular complexity index is 1060. The second-order valence-electron chi connectivity index (χ2n) is 6.51. The average Bonchev–Trinajstić information content (AvgIpc) is 2.78. The topological polar surface area (TPSA) is 67.7 Å². The minimum absolute atomic E-state index is 0.0546. The molecule has 0 radical (unpaired) electrons. The van der Waals surface area contributed by atoms with Crippen LogP contribution < -0.4 is 5.63 Å². The van der Waals surface area contributed by atoms with Gasteiger partial charge in [0, 0.05) is 54.2 Å². The summed E-state index contributed by atoms with van der Waals surface area (Å²) in [6.07, 6.45) is 2.74. The highest BCUT2D eigenvalue weighted by Crippen LogP contribution is 2.39. The molecule has 0 bridgehead atoms. The first kappa shape index (κ1) is 17.0. The van der Waals surface area contributed by atoms with Gasteiger partial charge in [0.2, 0.25) is 0 Å². The van der Waals surface area contributed by atoms with E-state index in [-0.39, 0.29) is 16.6 Å². The first-order chi connectivity index (χ1) is 12.5. The molecule has 0 amide bonds. The van der Waals surface area contributed by atoms with E-state index < -0.39 is 5.63 Å². The van der Waals surface area contributed by atoms with E-state index in [9.17, 15) is 9.90 Å². The molecule has 0 fully saturated rings. The molecular formula is C20H20N2O3S. The van der Waals surface area contributed by atoms with Crippen LogP contribution in [0.25, 0.3) is 10.9 Å². The highest BCUT2D eigenvalue weighted by Gasteiger charge is 2.25. The van der Waals surface area contributed by atoms with Crippen molar-refractivity contribution in [3.8, 4) is 5.75 Å². The number of hydrogen-bond acceptors (Lipinski definition) is 5. The lowest BCUT2D eigenvalue weighted by Crippen LogP contribution is -2.17. The fourth-order valence-corrected chi connectivity index (χ4v) is 4.67. The number of aromatic hydroxyl groups is 1. The third-order valence-electron chi connectivity index (χ3n) is 4.71. The minimum Gasteiger partial charge on any atom is -0.507 e. The maximum Gasteiger partial charge on any atom is 0.348 e. The van der Waals surface area contributed by atoms with Gasteiger partial charge >= 0.3 is 5.63 Å². The molecule has 4 rings (SSSR count). The third kappa shape index (κ3) is 2.94. The van der Waals surface area contributed by atoms with Gasteiger partial charge in [-0.2, -0.15) is 11.8 Å². The third-order valence-corrected chi connectivity index (χ3v) is 5.95. The average molecular weight is 368 g/mol. The van der Waals surface area contributed by atoms with E-state index in [1.165, 1.54) is 22.5 Å². The quantitative estimate of drug-likeness (QED) is 0.747. The maximum absolute atomic E-state index is 12.3. The van der Waals surface area contributed by atoms with Crippen molar-refractivity contribution in [3.63, 3.8) is 0 Å². The number of fused-ring (bicyclic) bond motifs is 1. The van der Waals surface area contributed by atoms with Crippen LogP contribution in [-0.4, -0.2) is 27.7 Å². The molecule has 0 aliphatic carbocycles. The summed E-state index contributed by atoms with van der Waals surface area (Å²) in [7, 11) is 2.04. The number of rotatable bonds is 2. The van der Waals surface area contributed by atoms with E-state index in [0.717, 1.165) is 5.75 Å². The van der Waals surface area contributed by atoms with Gasteiger partial charge in [-0.3, -0.25) is 4.99 Å². The van der Waals surface area contributed by atoms with Crippen LogP contribution in [0, 0.1) is 6.92 Å². The van der Waals surface area contributed by atoms with E-state index in [0.29, 0.717) is 24.4 Å². The maximum atomic E-state index is 12.3. The molecule has 3 aromatic rings. The van der Waals surface area contributed by atoms with Crippen molar-refractivity contribution in [3.05, 3.63) is 63.8 Å². The molecule has 1 unspecified atom stereocenters. The van der Waals surface area contributed by atoms with E-state index in [2.05, 4.69) is 27.9 Å². The number of aryl methyl sites for hydroxylation is 2. The number of thioether (sulfide) groups is 1. The molecule has 134 valence electrons. The van der Waals surface area contributed by atoms with Crippen molar-refractivity contribution in [2.75, 3.05) is 12.3 Å². The fraction of sp³-hybridized carbons (Fsp3) is 0.300. The molecule has 3 heterocycles. The van der Waals surface area contributed by atoms with Gasteiger partial charge in [-0.05, 0) is 18.6 Å². The van der Waals surface area contributed by atoms with Crippen LogP contribution in [-0.2, 0) is 7.05 Å². The van der Waals surface area contributed by atoms with Crippen molar-refractivity contribution in [1.29, 1.82) is 0 Å². The first-order valence-corrected chi connectivity index (χ1v) is 9.62. The summed E-state index contributed by atoms with van der Waals surface area (Å²) in [5, 5.41) is 11.7. The summed E-state index contributed by atoms with van der Waals surface area (Å²) in [5.74, 6) is 1.21. The number of aromatic nitrogens is 1. The lowest BCUT2D eigenvalue weighted by Gasteiger charge is -2.15. The predicted octanol–water partition coefficient (Wildman–Crippen LogP) is 3.81. The molecule has 26 heavy (non-hydrogen) atoms. The number of nitrogens with zero attached hydrogens (tertiary/aromatic N) is 2. The number of benzene rings is 1. The molecule has 1 aliphatic heterocycles. The van der Waals surface area contributed by atoms with Crippen LogP contribution in [0.15, 0.2) is 50.7 Å². The zero-order chi connectivity index (χ0) is 18.3. The standard InChI is InChI=1S/C20H20N2O3S/c1-12-9-17(23)19(20(24)25-12)15-10-18(26-8-7-21-15)14-11-22(2)16-6-4-3-5-13(14)16/h3-6,9,11,18,23H,7-8,10H2,1-2H3. The SMILES string of the molecule is Cc1cc(O)c(C2=NCCSC(c3cn(C)c4ccccc34)C2)c(=O)o1. The summed E-state index contributed by atoms with van der Waals surface area (Å²) in [6, 6.07) is 9.79. The second kappa shape index (κ2) is 6.68. The van der Waals surface area contributed by atoms with Crippen molar-refractivity contribution >= 4 is 28.4 Å². The van der Waals surface area contributed by atoms with Crippen LogP contribution in [0.1, 0.15) is 28.6 Å². The molecule has 0 spiro atoms. The Morgan fingerprint density at radius 3 is 2.96 bits per heavy atom. The normalized spacial score (nSPS) is 17.9. The lowest BCUT2D eigenvalue weighted by atomic mass is 10.0. The largest absolute Gasteiger partial charge is 0.507 e. The van der Waals surface area contributed by atoms with Gasteiger partial charge in [0.15, 0.2) is 0 Å². The summed E-state index contributed by atoms with van der Waals surface area (Å²) in [6.45, 7) is 2.27. The Morgan fingerprint density at radius 1 is 1.35 bits per heavy atom. The molecule has 1 aromatic carbocycles. The van der Waals surface area contributed by atoms with Crippen LogP contribution in [0.3, 0.4) is 0 Å². The van der Waals surface area contributed by atoms with Crippen molar-refractivity contribution in [2.45, 2.75) is 18.6 Å². The van der Waals surface area contributed by atoms with Crippen LogP contribution >= 0.6 is 11.8 Å². The van der Waals surface area contributed by atoms with Crippen LogP contribution in [0.2, 0.25) is 0 Å². The smallest absolute Gasteiger partial charge is 0.348 e. The zero-order valence-electron chi connectivity index (χ0n) is 14.7. The summed E-state index contributed by atoms with van der Waals surface area (Å²) in [5.41, 5.74) is 2.72. The van der Waals surface area contributed by atoms with Gasteiger partial charge in [-0.15, -0.1) is 0 Å². The van der Waals surface area contributed by atoms with E-state index in [1.54, 1.807) is 6.92 Å². The Kier molecular flexibility index (Phi) is 4.36. The van der Waals surface area contributed by atoms with Gasteiger partial charge in [-0.25, -0.2) is 4.79 Å². The van der Waals surface area contributed by atoms with Gasteiger partial charge in [0.25, 0.3) is 0 Å². The number of para-hydroxylation sites is 1. The fourth-order valence-electron chi connectivity index (χ4n) is 3.55. The van der Waals surface area contributed by atoms with Gasteiger partial charge in [0.1, 0.15) is 17.1 Å². The molecule has 1 N–H and O–H groups in total. The molecule has 0 saturated heterocycles. The molecule has 6 heteroatoms. The van der Waals surface area contributed by atoms with Gasteiger partial charge < -0.3 is 14.1 Å². The van der Waals surface area contributed by atoms with Gasteiger partial charge in [0.05, 0.1) is 5.71 Å². The summed E-state index contributed by atoms with van der Waals surface area (Å²) < 4.78 is 7.32. The van der Waals surface area contributed by atoms with Crippen LogP contribution in [0.4, 0.5) is 0 Å². The Hall–Kier alpha value is -2.47. The van der Waals surface area contributed by atoms with Crippen molar-refractivity contribution in [1.82, 2.24) is 4.57 Å². The number of hydrogen-bond donors (Lipinski definition) is 1. The first-order valence-electron chi connectivity index (χ1n) is 8.57. The van der Waals surface area contributed by atoms with E-state index in [1.807, 2.05) is 30.9 Å². The lowest BCUT2D eigenvalue weighted by molar-refractivity contribution is 0.432.